The van der Waals surface area contributed by atoms with Crippen LogP contribution in [0.3, 0.4) is 0 Å². The second kappa shape index (κ2) is 10.2. The summed E-state index contributed by atoms with van der Waals surface area (Å²) in [5.74, 6) is -0.934. The maximum atomic E-state index is 13.2. The third-order valence-corrected chi connectivity index (χ3v) is 5.57. The number of ether oxygens (including phenoxy) is 2. The summed E-state index contributed by atoms with van der Waals surface area (Å²) in [4.78, 5) is 26.8. The van der Waals surface area contributed by atoms with Gasteiger partial charge < -0.3 is 9.47 Å². The molecule has 0 saturated carbocycles. The Balaban J connectivity index is 2.06. The van der Waals surface area contributed by atoms with Crippen molar-refractivity contribution in [2.24, 2.45) is 0 Å². The first-order valence-electron chi connectivity index (χ1n) is 9.10. The molecule has 0 bridgehead atoms. The maximum Gasteiger partial charge on any atom is 0.270 e. The summed E-state index contributed by atoms with van der Waals surface area (Å²) < 4.78 is 10.9. The van der Waals surface area contributed by atoms with Crippen molar-refractivity contribution in [2.75, 3.05) is 18.1 Å². The Morgan fingerprint density at radius 1 is 1.19 bits per heavy atom. The molecule has 0 aromatic heterocycles. The number of nitrogens with one attached hydrogen (secondary N) is 1. The number of carbonyl (C=O) groups excluding carboxylic acids is 2. The summed E-state index contributed by atoms with van der Waals surface area (Å²) in [6, 6.07) is 9.60. The van der Waals surface area contributed by atoms with Crippen LogP contribution in [-0.4, -0.2) is 30.1 Å². The highest BCUT2D eigenvalue weighted by molar-refractivity contribution is 7.80. The molecule has 164 valence electrons. The summed E-state index contributed by atoms with van der Waals surface area (Å²) in [6.45, 7) is 1.83. The van der Waals surface area contributed by atoms with Crippen LogP contribution in [0.15, 0.2) is 35.9 Å². The second-order valence-corrected chi connectivity index (χ2v) is 7.82. The van der Waals surface area contributed by atoms with Crippen molar-refractivity contribution in [2.45, 2.75) is 6.92 Å². The first-order chi connectivity index (χ1) is 15.3. The van der Waals surface area contributed by atoms with Crippen LogP contribution in [0.2, 0.25) is 15.1 Å². The Hall–Kier alpha value is -2.83. The third-order valence-electron chi connectivity index (χ3n) is 4.20. The highest BCUT2D eigenvalue weighted by Crippen LogP contribution is 2.38. The number of hydrogen-bond donors (Lipinski definition) is 1. The van der Waals surface area contributed by atoms with E-state index in [0.717, 1.165) is 4.90 Å². The van der Waals surface area contributed by atoms with Crippen LogP contribution in [-0.2, 0) is 9.59 Å². The SMILES string of the molecule is CCOc1cc(/C=C2\C(=O)NC(=S)N(c3cccc(Cl)c3Cl)C2=O)cc(Cl)c1OCC#N. The van der Waals surface area contributed by atoms with Gasteiger partial charge in [-0.3, -0.25) is 19.8 Å². The Bertz CT molecular complexity index is 1190. The van der Waals surface area contributed by atoms with Gasteiger partial charge in [0.2, 0.25) is 0 Å². The second-order valence-electron chi connectivity index (χ2n) is 6.24. The van der Waals surface area contributed by atoms with Gasteiger partial charge in [-0.05, 0) is 55.0 Å². The molecule has 0 radical (unpaired) electrons. The molecule has 2 amide bonds. The van der Waals surface area contributed by atoms with Crippen molar-refractivity contribution >= 4 is 75.7 Å². The standard InChI is InChI=1S/C21H14Cl3N3O4S/c1-2-30-16-10-11(9-14(23)18(16)31-7-6-25)8-12-19(28)26-21(32)27(20(12)29)15-5-3-4-13(22)17(15)24/h3-5,8-10H,2,7H2,1H3,(H,26,28,32)/b12-8+. The molecule has 0 unspecified atom stereocenters. The molecule has 3 rings (SSSR count). The molecular formula is C21H14Cl3N3O4S. The van der Waals surface area contributed by atoms with E-state index in [-0.39, 0.29) is 49.5 Å². The number of thiocarbonyl (C=S) groups is 1. The summed E-state index contributed by atoms with van der Waals surface area (Å²) in [5.41, 5.74) is 0.415. The number of halogens is 3. The lowest BCUT2D eigenvalue weighted by atomic mass is 10.1. The van der Waals surface area contributed by atoms with Gasteiger partial charge in [0.1, 0.15) is 11.6 Å². The van der Waals surface area contributed by atoms with E-state index in [1.54, 1.807) is 31.2 Å². The predicted octanol–water partition coefficient (Wildman–Crippen LogP) is 4.78. The molecule has 1 aliphatic heterocycles. The molecule has 2 aromatic rings. The number of amides is 2. The van der Waals surface area contributed by atoms with E-state index in [2.05, 4.69) is 5.32 Å². The van der Waals surface area contributed by atoms with E-state index >= 15 is 0 Å². The van der Waals surface area contributed by atoms with E-state index in [9.17, 15) is 9.59 Å². The largest absolute Gasteiger partial charge is 0.490 e. The molecular weight excluding hydrogens is 497 g/mol. The van der Waals surface area contributed by atoms with Crippen molar-refractivity contribution in [3.8, 4) is 17.6 Å². The number of carbonyl (C=O) groups is 2. The molecule has 32 heavy (non-hydrogen) atoms. The van der Waals surface area contributed by atoms with Gasteiger partial charge in [-0.15, -0.1) is 0 Å². The molecule has 0 atom stereocenters. The van der Waals surface area contributed by atoms with E-state index in [0.29, 0.717) is 12.2 Å². The minimum Gasteiger partial charge on any atom is -0.490 e. The van der Waals surface area contributed by atoms with Gasteiger partial charge >= 0.3 is 0 Å². The molecule has 11 heteroatoms. The Labute approximate surface area is 204 Å². The lowest BCUT2D eigenvalue weighted by Gasteiger charge is -2.29. The molecule has 1 heterocycles. The van der Waals surface area contributed by atoms with Crippen LogP contribution in [0.4, 0.5) is 5.69 Å². The molecule has 1 saturated heterocycles. The van der Waals surface area contributed by atoms with Gasteiger partial charge in [-0.25, -0.2) is 0 Å². The predicted molar refractivity (Wildman–Crippen MR) is 126 cm³/mol. The fraction of sp³-hybridized carbons (Fsp3) is 0.143. The Morgan fingerprint density at radius 3 is 2.62 bits per heavy atom. The van der Waals surface area contributed by atoms with Crippen LogP contribution >= 0.6 is 47.0 Å². The van der Waals surface area contributed by atoms with Crippen LogP contribution in [0.1, 0.15) is 12.5 Å². The van der Waals surface area contributed by atoms with Crippen LogP contribution in [0, 0.1) is 11.3 Å². The van der Waals surface area contributed by atoms with Crippen molar-refractivity contribution < 1.29 is 19.1 Å². The van der Waals surface area contributed by atoms with E-state index < -0.39 is 11.8 Å². The summed E-state index contributed by atoms with van der Waals surface area (Å²) in [6.07, 6.45) is 1.34. The molecule has 7 nitrogen and oxygen atoms in total. The topological polar surface area (TPSA) is 91.7 Å². The van der Waals surface area contributed by atoms with E-state index in [1.165, 1.54) is 12.1 Å². The monoisotopic (exact) mass is 509 g/mol. The fourth-order valence-electron chi connectivity index (χ4n) is 2.89. The highest BCUT2D eigenvalue weighted by atomic mass is 35.5. The van der Waals surface area contributed by atoms with Crippen molar-refractivity contribution in [3.63, 3.8) is 0 Å². The number of rotatable bonds is 6. The normalized spacial score (nSPS) is 14.9. The average Bonchev–Trinajstić information content (AvgIpc) is 2.73. The first-order valence-corrected chi connectivity index (χ1v) is 10.6. The molecule has 0 spiro atoms. The number of nitrogens with zero attached hydrogens (tertiary/aromatic N) is 2. The van der Waals surface area contributed by atoms with Crippen LogP contribution in [0.5, 0.6) is 11.5 Å². The molecule has 2 aromatic carbocycles. The van der Waals surface area contributed by atoms with Crippen molar-refractivity contribution in [3.05, 3.63) is 56.5 Å². The summed E-state index contributed by atoms with van der Waals surface area (Å²) >= 11 is 23.8. The molecule has 0 aliphatic carbocycles. The van der Waals surface area contributed by atoms with Crippen LogP contribution in [0.25, 0.3) is 6.08 Å². The highest BCUT2D eigenvalue weighted by Gasteiger charge is 2.35. The Kier molecular flexibility index (Phi) is 7.59. The van der Waals surface area contributed by atoms with Gasteiger partial charge in [-0.1, -0.05) is 40.9 Å². The zero-order valence-corrected chi connectivity index (χ0v) is 19.5. The lowest BCUT2D eigenvalue weighted by Crippen LogP contribution is -2.54. The quantitative estimate of drug-likeness (QED) is 0.342. The maximum absolute atomic E-state index is 13.2. The minimum atomic E-state index is -0.693. The molecule has 1 fully saturated rings. The number of benzene rings is 2. The summed E-state index contributed by atoms with van der Waals surface area (Å²) in [7, 11) is 0. The van der Waals surface area contributed by atoms with Gasteiger partial charge in [0, 0.05) is 0 Å². The summed E-state index contributed by atoms with van der Waals surface area (Å²) in [5, 5.41) is 11.6. The third kappa shape index (κ3) is 4.81. The zero-order valence-electron chi connectivity index (χ0n) is 16.4. The van der Waals surface area contributed by atoms with E-state index in [1.807, 2.05) is 6.07 Å². The van der Waals surface area contributed by atoms with Gasteiger partial charge in [0.05, 0.1) is 27.4 Å². The lowest BCUT2D eigenvalue weighted by molar-refractivity contribution is -0.122. The van der Waals surface area contributed by atoms with Gasteiger partial charge in [0.15, 0.2) is 23.2 Å². The minimum absolute atomic E-state index is 0.112. The van der Waals surface area contributed by atoms with Crippen molar-refractivity contribution in [1.29, 1.82) is 5.26 Å². The first kappa shape index (κ1) is 23.8. The number of anilines is 1. The molecule has 1 N–H and O–H groups in total. The Morgan fingerprint density at radius 2 is 1.94 bits per heavy atom. The van der Waals surface area contributed by atoms with Crippen LogP contribution < -0.4 is 19.7 Å². The number of nitriles is 1. The fourth-order valence-corrected chi connectivity index (χ4v) is 3.81. The molecule has 1 aliphatic rings. The zero-order chi connectivity index (χ0) is 23.4. The van der Waals surface area contributed by atoms with Gasteiger partial charge in [-0.2, -0.15) is 5.26 Å². The number of hydrogen-bond acceptors (Lipinski definition) is 6. The van der Waals surface area contributed by atoms with Crippen molar-refractivity contribution in [1.82, 2.24) is 5.32 Å². The van der Waals surface area contributed by atoms with E-state index in [4.69, 9.17) is 61.8 Å². The average molecular weight is 511 g/mol. The van der Waals surface area contributed by atoms with Gasteiger partial charge in [0.25, 0.3) is 11.8 Å². The smallest absolute Gasteiger partial charge is 0.270 e.